The van der Waals surface area contributed by atoms with Crippen molar-refractivity contribution < 1.29 is 4.84 Å². The molecule has 1 aromatic rings. The first-order valence-electron chi connectivity index (χ1n) is 5.70. The molecular weight excluding hydrogens is 198 g/mol. The van der Waals surface area contributed by atoms with Gasteiger partial charge in [0.1, 0.15) is 0 Å². The highest BCUT2D eigenvalue weighted by molar-refractivity contribution is 5.31. The van der Waals surface area contributed by atoms with E-state index in [-0.39, 0.29) is 10.8 Å². The van der Waals surface area contributed by atoms with Crippen LogP contribution in [0.3, 0.4) is 0 Å². The van der Waals surface area contributed by atoms with E-state index in [1.165, 1.54) is 11.1 Å². The molecule has 0 aliphatic rings. The number of hydrogen-bond donors (Lipinski definition) is 1. The van der Waals surface area contributed by atoms with E-state index >= 15 is 0 Å². The molecule has 1 rings (SSSR count). The Hall–Kier alpha value is -0.860. The third kappa shape index (κ3) is 3.06. The maximum Gasteiger partial charge on any atom is 0.0770 e. The fourth-order valence-electron chi connectivity index (χ4n) is 1.71. The van der Waals surface area contributed by atoms with E-state index in [9.17, 15) is 0 Å². The van der Waals surface area contributed by atoms with Gasteiger partial charge in [-0.15, -0.1) is 0 Å². The molecule has 0 fully saturated rings. The summed E-state index contributed by atoms with van der Waals surface area (Å²) in [5.41, 5.74) is 2.77. The lowest BCUT2D eigenvalue weighted by Gasteiger charge is -2.25. The number of benzene rings is 1. The molecule has 0 amide bonds. The second-order valence-corrected chi connectivity index (χ2v) is 6.02. The molecule has 0 heterocycles. The smallest absolute Gasteiger partial charge is 0.0770 e. The molecule has 0 spiro atoms. The minimum Gasteiger partial charge on any atom is -0.304 e. The lowest BCUT2D eigenvalue weighted by atomic mass is 9.81. The second kappa shape index (κ2) is 4.56. The van der Waals surface area contributed by atoms with Crippen LogP contribution in [0.4, 0.5) is 0 Å². The van der Waals surface area contributed by atoms with E-state index in [1.54, 1.807) is 0 Å². The highest BCUT2D eigenvalue weighted by Crippen LogP contribution is 2.27. The van der Waals surface area contributed by atoms with Crippen LogP contribution in [0.25, 0.3) is 0 Å². The number of nitrogens with two attached hydrogens (primary N) is 1. The summed E-state index contributed by atoms with van der Waals surface area (Å²) in [4.78, 5) is 4.76. The van der Waals surface area contributed by atoms with Crippen LogP contribution >= 0.6 is 0 Å². The molecule has 0 aromatic heterocycles. The highest BCUT2D eigenvalue weighted by Gasteiger charge is 2.21. The van der Waals surface area contributed by atoms with Gasteiger partial charge in [0.25, 0.3) is 0 Å². The first kappa shape index (κ1) is 13.2. The van der Waals surface area contributed by atoms with Gasteiger partial charge in [-0.1, -0.05) is 58.9 Å². The van der Waals surface area contributed by atoms with Gasteiger partial charge >= 0.3 is 0 Å². The van der Waals surface area contributed by atoms with Crippen molar-refractivity contribution >= 4 is 0 Å². The Kier molecular flexibility index (Phi) is 3.76. The van der Waals surface area contributed by atoms with Gasteiger partial charge in [0.15, 0.2) is 0 Å². The minimum atomic E-state index is -0.0365. The van der Waals surface area contributed by atoms with Crippen LogP contribution in [-0.2, 0) is 15.7 Å². The van der Waals surface area contributed by atoms with Gasteiger partial charge < -0.3 is 4.84 Å². The van der Waals surface area contributed by atoms with Gasteiger partial charge in [-0.25, -0.2) is 5.90 Å². The molecule has 0 radical (unpaired) electrons. The molecule has 1 aromatic carbocycles. The average Bonchev–Trinajstić information content (AvgIpc) is 2.16. The summed E-state index contributed by atoms with van der Waals surface area (Å²) in [6, 6.07) is 8.71. The van der Waals surface area contributed by atoms with Crippen molar-refractivity contribution in [2.45, 2.75) is 45.4 Å². The van der Waals surface area contributed by atoms with Gasteiger partial charge in [0.05, 0.1) is 6.61 Å². The molecule has 2 N–H and O–H groups in total. The summed E-state index contributed by atoms with van der Waals surface area (Å²) < 4.78 is 0. The summed E-state index contributed by atoms with van der Waals surface area (Å²) in [5.74, 6) is 5.15. The minimum absolute atomic E-state index is 0.0365. The Morgan fingerprint density at radius 2 is 1.38 bits per heavy atom. The molecule has 0 aliphatic carbocycles. The summed E-state index contributed by atoms with van der Waals surface area (Å²) in [6.07, 6.45) is 0. The van der Waals surface area contributed by atoms with E-state index in [1.807, 2.05) is 0 Å². The van der Waals surface area contributed by atoms with E-state index < -0.39 is 0 Å². The lowest BCUT2D eigenvalue weighted by molar-refractivity contribution is 0.0964. The van der Waals surface area contributed by atoms with Crippen LogP contribution in [0.2, 0.25) is 0 Å². The zero-order valence-electron chi connectivity index (χ0n) is 11.0. The zero-order chi connectivity index (χ0) is 12.4. The largest absolute Gasteiger partial charge is 0.304 e. The Balaban J connectivity index is 2.95. The number of hydrogen-bond acceptors (Lipinski definition) is 2. The first-order chi connectivity index (χ1) is 7.27. The topological polar surface area (TPSA) is 35.2 Å². The van der Waals surface area contributed by atoms with Crippen LogP contribution in [0.5, 0.6) is 0 Å². The molecule has 2 heteroatoms. The van der Waals surface area contributed by atoms with E-state index in [0.29, 0.717) is 6.61 Å². The Morgan fingerprint density at radius 3 is 1.75 bits per heavy atom. The Morgan fingerprint density at radius 1 is 0.938 bits per heavy atom. The molecule has 0 saturated heterocycles. The van der Waals surface area contributed by atoms with Crippen molar-refractivity contribution in [1.82, 2.24) is 0 Å². The summed E-state index contributed by atoms with van der Waals surface area (Å²) in [7, 11) is 0. The summed E-state index contributed by atoms with van der Waals surface area (Å²) in [6.45, 7) is 11.4. The van der Waals surface area contributed by atoms with Gasteiger partial charge in [-0.05, 0) is 16.5 Å². The maximum absolute atomic E-state index is 5.15. The Bertz CT molecular complexity index is 333. The fraction of sp³-hybridized carbons (Fsp3) is 0.571. The van der Waals surface area contributed by atoms with Crippen molar-refractivity contribution in [1.29, 1.82) is 0 Å². The van der Waals surface area contributed by atoms with Gasteiger partial charge in [-0.3, -0.25) is 0 Å². The second-order valence-electron chi connectivity index (χ2n) is 6.02. The van der Waals surface area contributed by atoms with Crippen molar-refractivity contribution in [3.63, 3.8) is 0 Å². The van der Waals surface area contributed by atoms with E-state index in [4.69, 9.17) is 10.7 Å². The highest BCUT2D eigenvalue weighted by atomic mass is 16.6. The van der Waals surface area contributed by atoms with Crippen molar-refractivity contribution in [3.8, 4) is 0 Å². The van der Waals surface area contributed by atoms with Crippen molar-refractivity contribution in [2.75, 3.05) is 6.61 Å². The molecule has 0 unspecified atom stereocenters. The quantitative estimate of drug-likeness (QED) is 0.796. The predicted octanol–water partition coefficient (Wildman–Crippen LogP) is 3.15. The molecular formula is C14H23NO. The van der Waals surface area contributed by atoms with Crippen molar-refractivity contribution in [3.05, 3.63) is 35.4 Å². The standard InChI is InChI=1S/C14H23NO/c1-13(2,3)11-6-8-12(9-7-11)14(4,5)10-16-15/h6-9H,10,15H2,1-5H3. The monoisotopic (exact) mass is 221 g/mol. The van der Waals surface area contributed by atoms with E-state index in [0.717, 1.165) is 0 Å². The lowest BCUT2D eigenvalue weighted by Crippen LogP contribution is -2.26. The van der Waals surface area contributed by atoms with Crippen LogP contribution in [0, 0.1) is 0 Å². The van der Waals surface area contributed by atoms with Crippen LogP contribution in [0.1, 0.15) is 45.7 Å². The number of rotatable bonds is 3. The van der Waals surface area contributed by atoms with Crippen LogP contribution in [-0.4, -0.2) is 6.61 Å². The fourth-order valence-corrected chi connectivity index (χ4v) is 1.71. The van der Waals surface area contributed by atoms with Crippen LogP contribution < -0.4 is 5.90 Å². The average molecular weight is 221 g/mol. The Labute approximate surface area is 98.8 Å². The maximum atomic E-state index is 5.15. The third-order valence-corrected chi connectivity index (χ3v) is 2.98. The zero-order valence-corrected chi connectivity index (χ0v) is 11.0. The molecule has 0 aliphatic heterocycles. The van der Waals surface area contributed by atoms with Crippen LogP contribution in [0.15, 0.2) is 24.3 Å². The van der Waals surface area contributed by atoms with Gasteiger partial charge in [-0.2, -0.15) is 0 Å². The van der Waals surface area contributed by atoms with Gasteiger partial charge in [0.2, 0.25) is 0 Å². The molecule has 0 atom stereocenters. The molecule has 90 valence electrons. The molecule has 0 saturated carbocycles. The first-order valence-corrected chi connectivity index (χ1v) is 5.70. The molecule has 16 heavy (non-hydrogen) atoms. The van der Waals surface area contributed by atoms with E-state index in [2.05, 4.69) is 58.9 Å². The summed E-state index contributed by atoms with van der Waals surface area (Å²) in [5, 5.41) is 0. The van der Waals surface area contributed by atoms with Crippen molar-refractivity contribution in [2.24, 2.45) is 5.90 Å². The third-order valence-electron chi connectivity index (χ3n) is 2.98. The normalized spacial score (nSPS) is 12.9. The summed E-state index contributed by atoms with van der Waals surface area (Å²) >= 11 is 0. The SMILES string of the molecule is CC(C)(C)c1ccc(C(C)(C)CON)cc1. The van der Waals surface area contributed by atoms with Gasteiger partial charge in [0, 0.05) is 5.41 Å². The molecule has 0 bridgehead atoms. The predicted molar refractivity (Wildman–Crippen MR) is 68.3 cm³/mol. The molecule has 2 nitrogen and oxygen atoms in total.